The van der Waals surface area contributed by atoms with E-state index in [-0.39, 0.29) is 5.56 Å². The van der Waals surface area contributed by atoms with Crippen LogP contribution in [0.2, 0.25) is 0 Å². The molecule has 1 fully saturated rings. The lowest BCUT2D eigenvalue weighted by Crippen LogP contribution is -2.50. The van der Waals surface area contributed by atoms with Crippen LogP contribution in [0.15, 0.2) is 35.1 Å². The maximum absolute atomic E-state index is 12.9. The second-order valence-corrected chi connectivity index (χ2v) is 7.25. The minimum atomic E-state index is 0.0505. The van der Waals surface area contributed by atoms with Crippen LogP contribution in [-0.2, 0) is 11.4 Å². The highest BCUT2D eigenvalue weighted by atomic mass is 16.5. The van der Waals surface area contributed by atoms with Gasteiger partial charge in [0.15, 0.2) is 0 Å². The Balaban J connectivity index is 1.62. The molecule has 0 amide bonds. The van der Waals surface area contributed by atoms with E-state index in [4.69, 9.17) is 9.72 Å². The zero-order valence-corrected chi connectivity index (χ0v) is 16.1. The molecule has 2 aromatic rings. The van der Waals surface area contributed by atoms with Gasteiger partial charge in [-0.1, -0.05) is 18.2 Å². The molecule has 0 atom stereocenters. The molecule has 144 valence electrons. The average molecular weight is 369 g/mol. The van der Waals surface area contributed by atoms with Crippen LogP contribution in [0, 0.1) is 13.8 Å². The van der Waals surface area contributed by atoms with E-state index < -0.39 is 0 Å². The monoisotopic (exact) mass is 369 g/mol. The van der Waals surface area contributed by atoms with Gasteiger partial charge in [-0.2, -0.15) is 0 Å². The van der Waals surface area contributed by atoms with Crippen LogP contribution in [0.4, 0.5) is 11.6 Å². The third-order valence-electron chi connectivity index (χ3n) is 5.45. The number of aryl methyl sites for hydroxylation is 1. The molecule has 7 heteroatoms. The van der Waals surface area contributed by atoms with Crippen molar-refractivity contribution in [1.82, 2.24) is 19.4 Å². The first-order chi connectivity index (χ1) is 13.1. The van der Waals surface area contributed by atoms with Crippen molar-refractivity contribution >= 4 is 11.6 Å². The Morgan fingerprint density at radius 1 is 1.00 bits per heavy atom. The quantitative estimate of drug-likeness (QED) is 0.815. The molecule has 1 saturated heterocycles. The van der Waals surface area contributed by atoms with Crippen molar-refractivity contribution in [3.63, 3.8) is 0 Å². The van der Waals surface area contributed by atoms with Crippen molar-refractivity contribution < 1.29 is 4.74 Å². The molecule has 2 aliphatic rings. The predicted molar refractivity (Wildman–Crippen MR) is 105 cm³/mol. The summed E-state index contributed by atoms with van der Waals surface area (Å²) in [5.41, 5.74) is 2.63. The van der Waals surface area contributed by atoms with E-state index in [9.17, 15) is 4.79 Å². The Bertz CT molecular complexity index is 845. The Morgan fingerprint density at radius 2 is 1.70 bits per heavy atom. The van der Waals surface area contributed by atoms with Crippen LogP contribution in [0.5, 0.6) is 0 Å². The summed E-state index contributed by atoms with van der Waals surface area (Å²) in [6, 6.07) is 10.2. The Kier molecular flexibility index (Phi) is 5.24. The zero-order chi connectivity index (χ0) is 18.8. The highest BCUT2D eigenvalue weighted by Crippen LogP contribution is 2.27. The molecule has 0 saturated carbocycles. The van der Waals surface area contributed by atoms with Gasteiger partial charge < -0.3 is 4.74 Å². The number of fused-ring (bicyclic) bond motifs is 1. The number of hydrogen-bond acceptors (Lipinski definition) is 6. The van der Waals surface area contributed by atoms with E-state index in [1.54, 1.807) is 4.57 Å². The fourth-order valence-electron chi connectivity index (χ4n) is 3.64. The van der Waals surface area contributed by atoms with Crippen molar-refractivity contribution in [3.05, 3.63) is 51.9 Å². The molecule has 1 aromatic carbocycles. The zero-order valence-electron chi connectivity index (χ0n) is 16.1. The molecule has 1 aromatic heterocycles. The summed E-state index contributed by atoms with van der Waals surface area (Å²) >= 11 is 0. The van der Waals surface area contributed by atoms with Crippen molar-refractivity contribution in [2.45, 2.75) is 20.5 Å². The Morgan fingerprint density at radius 3 is 2.44 bits per heavy atom. The number of rotatable bonds is 4. The van der Waals surface area contributed by atoms with Gasteiger partial charge >= 0.3 is 0 Å². The first-order valence-electron chi connectivity index (χ1n) is 9.56. The fraction of sp³-hybridized carbons (Fsp3) is 0.500. The molecule has 27 heavy (non-hydrogen) atoms. The molecule has 4 rings (SSSR count). The molecule has 0 radical (unpaired) electrons. The van der Waals surface area contributed by atoms with Crippen molar-refractivity contribution in [2.24, 2.45) is 0 Å². The number of hydrogen-bond donors (Lipinski definition) is 0. The molecule has 0 unspecified atom stereocenters. The van der Waals surface area contributed by atoms with E-state index in [1.165, 1.54) is 0 Å². The van der Waals surface area contributed by atoms with Gasteiger partial charge in [-0.3, -0.25) is 24.1 Å². The highest BCUT2D eigenvalue weighted by molar-refractivity contribution is 5.58. The number of ether oxygens (including phenoxy) is 1. The minimum absolute atomic E-state index is 0.0505. The number of morpholine rings is 1. The van der Waals surface area contributed by atoms with Crippen LogP contribution < -0.4 is 10.5 Å². The topological polar surface area (TPSA) is 53.8 Å². The van der Waals surface area contributed by atoms with Gasteiger partial charge in [-0.25, -0.2) is 4.98 Å². The second-order valence-electron chi connectivity index (χ2n) is 7.25. The van der Waals surface area contributed by atoms with Crippen molar-refractivity contribution in [2.75, 3.05) is 51.0 Å². The van der Waals surface area contributed by atoms with Gasteiger partial charge in [0, 0.05) is 43.1 Å². The first kappa shape index (κ1) is 18.2. The molecule has 0 bridgehead atoms. The molecule has 3 heterocycles. The number of para-hydroxylation sites is 1. The molecule has 0 aliphatic carbocycles. The van der Waals surface area contributed by atoms with Crippen LogP contribution in [-0.4, -0.2) is 65.4 Å². The Labute approximate surface area is 159 Å². The smallest absolute Gasteiger partial charge is 0.259 e. The van der Waals surface area contributed by atoms with E-state index in [1.807, 2.05) is 32.0 Å². The lowest BCUT2D eigenvalue weighted by molar-refractivity contribution is 0.0310. The van der Waals surface area contributed by atoms with Gasteiger partial charge in [-0.15, -0.1) is 0 Å². The minimum Gasteiger partial charge on any atom is -0.379 e. The van der Waals surface area contributed by atoms with Crippen LogP contribution in [0.25, 0.3) is 0 Å². The predicted octanol–water partition coefficient (Wildman–Crippen LogP) is 1.56. The standard InChI is InChI=1S/C20H27N5O2/c1-16-17(2)21-20-24(18-6-4-3-5-7-18)14-23(15-25(20)19(16)26)9-8-22-10-12-27-13-11-22/h3-7H,8-15H2,1-2H3. The molecular formula is C20H27N5O2. The summed E-state index contributed by atoms with van der Waals surface area (Å²) in [4.78, 5) is 24.5. The van der Waals surface area contributed by atoms with Gasteiger partial charge in [0.1, 0.15) is 0 Å². The lowest BCUT2D eigenvalue weighted by Gasteiger charge is -2.39. The number of nitrogens with zero attached hydrogens (tertiary/aromatic N) is 5. The summed E-state index contributed by atoms with van der Waals surface area (Å²) < 4.78 is 7.24. The van der Waals surface area contributed by atoms with Crippen LogP contribution in [0.1, 0.15) is 11.3 Å². The average Bonchev–Trinajstić information content (AvgIpc) is 2.72. The van der Waals surface area contributed by atoms with Crippen molar-refractivity contribution in [3.8, 4) is 0 Å². The molecular weight excluding hydrogens is 342 g/mol. The lowest BCUT2D eigenvalue weighted by atomic mass is 10.2. The van der Waals surface area contributed by atoms with Gasteiger partial charge in [-0.05, 0) is 26.0 Å². The normalized spacial score (nSPS) is 18.5. The Hall–Kier alpha value is -2.22. The number of benzene rings is 1. The number of aromatic nitrogens is 2. The highest BCUT2D eigenvalue weighted by Gasteiger charge is 2.27. The maximum Gasteiger partial charge on any atom is 0.259 e. The summed E-state index contributed by atoms with van der Waals surface area (Å²) in [6.07, 6.45) is 0. The molecule has 0 N–H and O–H groups in total. The van der Waals surface area contributed by atoms with Gasteiger partial charge in [0.25, 0.3) is 5.56 Å². The third kappa shape index (κ3) is 3.76. The van der Waals surface area contributed by atoms with E-state index in [0.29, 0.717) is 6.67 Å². The van der Waals surface area contributed by atoms with E-state index in [2.05, 4.69) is 26.8 Å². The van der Waals surface area contributed by atoms with Crippen LogP contribution in [0.3, 0.4) is 0 Å². The first-order valence-corrected chi connectivity index (χ1v) is 9.56. The van der Waals surface area contributed by atoms with E-state index >= 15 is 0 Å². The molecule has 2 aliphatic heterocycles. The largest absolute Gasteiger partial charge is 0.379 e. The van der Waals surface area contributed by atoms with E-state index in [0.717, 1.165) is 69.0 Å². The summed E-state index contributed by atoms with van der Waals surface area (Å²) in [6.45, 7) is 10.5. The summed E-state index contributed by atoms with van der Waals surface area (Å²) in [7, 11) is 0. The van der Waals surface area contributed by atoms with Crippen LogP contribution >= 0.6 is 0 Å². The summed E-state index contributed by atoms with van der Waals surface area (Å²) in [5.74, 6) is 0.733. The fourth-order valence-corrected chi connectivity index (χ4v) is 3.64. The molecule has 7 nitrogen and oxygen atoms in total. The molecule has 0 spiro atoms. The van der Waals surface area contributed by atoms with Gasteiger partial charge in [0.2, 0.25) is 5.95 Å². The second kappa shape index (κ2) is 7.80. The summed E-state index contributed by atoms with van der Waals surface area (Å²) in [5, 5.41) is 0. The number of anilines is 2. The van der Waals surface area contributed by atoms with Crippen molar-refractivity contribution in [1.29, 1.82) is 0 Å². The SMILES string of the molecule is Cc1nc2n(c(=O)c1C)CN(CCN1CCOCC1)CN2c1ccccc1. The van der Waals surface area contributed by atoms with Gasteiger partial charge in [0.05, 0.1) is 26.6 Å². The maximum atomic E-state index is 12.9. The third-order valence-corrected chi connectivity index (χ3v) is 5.45.